The third kappa shape index (κ3) is 3.53. The topological polar surface area (TPSA) is 37.4 Å². The van der Waals surface area contributed by atoms with Crippen LogP contribution in [0.4, 0.5) is 13.2 Å². The van der Waals surface area contributed by atoms with E-state index in [-0.39, 0.29) is 17.8 Å². The van der Waals surface area contributed by atoms with E-state index < -0.39 is 23.2 Å². The molecule has 0 spiro atoms. The van der Waals surface area contributed by atoms with Gasteiger partial charge in [-0.3, -0.25) is 9.59 Å². The molecule has 0 aromatic heterocycles. The fourth-order valence-electron chi connectivity index (χ4n) is 3.83. The highest BCUT2D eigenvalue weighted by Crippen LogP contribution is 2.43. The number of nitrogens with zero attached hydrogens (tertiary/aromatic N) is 1. The molecule has 1 unspecified atom stereocenters. The van der Waals surface area contributed by atoms with Gasteiger partial charge in [0.15, 0.2) is 5.78 Å². The molecule has 1 atom stereocenters. The lowest BCUT2D eigenvalue weighted by Gasteiger charge is -2.44. The molecule has 1 aliphatic rings. The number of halogens is 4. The van der Waals surface area contributed by atoms with Crippen LogP contribution in [0, 0.1) is 0 Å². The number of likely N-dealkylation sites (N-methyl/N-ethyl adjacent to an activating group) is 1. The molecule has 1 amide bonds. The van der Waals surface area contributed by atoms with Crippen LogP contribution >= 0.6 is 11.6 Å². The minimum absolute atomic E-state index is 0.123. The Bertz CT molecular complexity index is 913. The van der Waals surface area contributed by atoms with Gasteiger partial charge in [0.05, 0.1) is 5.56 Å². The Morgan fingerprint density at radius 3 is 2.46 bits per heavy atom. The van der Waals surface area contributed by atoms with Crippen molar-refractivity contribution in [3.05, 3.63) is 70.2 Å². The Morgan fingerprint density at radius 1 is 1.11 bits per heavy atom. The van der Waals surface area contributed by atoms with Gasteiger partial charge in [0.1, 0.15) is 5.54 Å². The first-order valence-corrected chi connectivity index (χ1v) is 9.29. The Balaban J connectivity index is 2.08. The highest BCUT2D eigenvalue weighted by Gasteiger charge is 2.48. The standard InChI is InChI=1S/C21H19ClF3NO2/c1-26(19(28)14-7-6-8-15(13-14)21(23,24)25)20(12-5-4-11-18(20)27)16-9-2-3-10-17(16)22/h2-3,6-10,13H,4-5,11-12H2,1H3. The van der Waals surface area contributed by atoms with Crippen LogP contribution in [0.2, 0.25) is 5.02 Å². The second-order valence-corrected chi connectivity index (χ2v) is 7.32. The molecule has 2 aromatic rings. The first-order valence-electron chi connectivity index (χ1n) is 8.91. The quantitative estimate of drug-likeness (QED) is 0.674. The van der Waals surface area contributed by atoms with Crippen molar-refractivity contribution in [2.75, 3.05) is 7.05 Å². The minimum atomic E-state index is -4.56. The van der Waals surface area contributed by atoms with Crippen molar-refractivity contribution >= 4 is 23.3 Å². The van der Waals surface area contributed by atoms with E-state index in [1.807, 2.05) is 0 Å². The molecular weight excluding hydrogens is 391 g/mol. The number of Topliss-reactive ketones (excluding diaryl/α,β-unsaturated/α-hetero) is 1. The molecule has 3 nitrogen and oxygen atoms in total. The van der Waals surface area contributed by atoms with Crippen molar-refractivity contribution in [2.24, 2.45) is 0 Å². The molecule has 2 aromatic carbocycles. The van der Waals surface area contributed by atoms with Gasteiger partial charge in [0, 0.05) is 29.6 Å². The van der Waals surface area contributed by atoms with Gasteiger partial charge in [0.25, 0.3) is 5.91 Å². The van der Waals surface area contributed by atoms with Gasteiger partial charge in [-0.1, -0.05) is 35.9 Å². The second kappa shape index (κ2) is 7.59. The van der Waals surface area contributed by atoms with Crippen molar-refractivity contribution in [2.45, 2.75) is 37.4 Å². The summed E-state index contributed by atoms with van der Waals surface area (Å²) in [7, 11) is 1.45. The molecule has 28 heavy (non-hydrogen) atoms. The maximum Gasteiger partial charge on any atom is 0.416 e. The van der Waals surface area contributed by atoms with Gasteiger partial charge in [-0.25, -0.2) is 0 Å². The van der Waals surface area contributed by atoms with E-state index in [9.17, 15) is 22.8 Å². The average molecular weight is 410 g/mol. The summed E-state index contributed by atoms with van der Waals surface area (Å²) in [5, 5.41) is 0.349. The largest absolute Gasteiger partial charge is 0.416 e. The summed E-state index contributed by atoms with van der Waals surface area (Å²) in [4.78, 5) is 27.4. The highest BCUT2D eigenvalue weighted by atomic mass is 35.5. The SMILES string of the molecule is CN(C(=O)c1cccc(C(F)(F)F)c1)C1(c2ccccc2Cl)CCCCC1=O. The molecule has 0 bridgehead atoms. The number of hydrogen-bond donors (Lipinski definition) is 0. The smallest absolute Gasteiger partial charge is 0.325 e. The lowest BCUT2D eigenvalue weighted by atomic mass is 9.74. The van der Waals surface area contributed by atoms with Crippen LogP contribution in [-0.4, -0.2) is 23.6 Å². The van der Waals surface area contributed by atoms with Crippen LogP contribution in [0.3, 0.4) is 0 Å². The van der Waals surface area contributed by atoms with Gasteiger partial charge in [-0.15, -0.1) is 0 Å². The normalized spacial score (nSPS) is 20.1. The van der Waals surface area contributed by atoms with E-state index in [1.54, 1.807) is 24.3 Å². The summed E-state index contributed by atoms with van der Waals surface area (Å²) in [6, 6.07) is 11.0. The predicted octanol–water partition coefficient (Wildman–Crippen LogP) is 5.47. The predicted molar refractivity (Wildman–Crippen MR) is 100 cm³/mol. The van der Waals surface area contributed by atoms with Crippen LogP contribution in [0.25, 0.3) is 0 Å². The van der Waals surface area contributed by atoms with Crippen molar-refractivity contribution in [1.29, 1.82) is 0 Å². The van der Waals surface area contributed by atoms with Crippen LogP contribution in [0.5, 0.6) is 0 Å². The fourth-order valence-corrected chi connectivity index (χ4v) is 4.12. The number of hydrogen-bond acceptors (Lipinski definition) is 2. The molecule has 0 aliphatic heterocycles. The van der Waals surface area contributed by atoms with Crippen LogP contribution in [0.15, 0.2) is 48.5 Å². The minimum Gasteiger partial charge on any atom is -0.325 e. The first kappa shape index (κ1) is 20.4. The number of ketones is 1. The molecule has 0 N–H and O–H groups in total. The van der Waals surface area contributed by atoms with Crippen LogP contribution in [0.1, 0.15) is 47.2 Å². The van der Waals surface area contributed by atoms with Gasteiger partial charge < -0.3 is 4.90 Å². The van der Waals surface area contributed by atoms with Gasteiger partial charge >= 0.3 is 6.18 Å². The molecule has 0 saturated heterocycles. The van der Waals surface area contributed by atoms with E-state index >= 15 is 0 Å². The molecule has 148 valence electrons. The average Bonchev–Trinajstić information content (AvgIpc) is 2.67. The Labute approximate surface area is 166 Å². The van der Waals surface area contributed by atoms with E-state index in [0.717, 1.165) is 12.1 Å². The number of carbonyl (C=O) groups is 2. The highest BCUT2D eigenvalue weighted by molar-refractivity contribution is 6.31. The van der Waals surface area contributed by atoms with E-state index in [0.29, 0.717) is 29.8 Å². The van der Waals surface area contributed by atoms with Crippen molar-refractivity contribution in [3.8, 4) is 0 Å². The third-order valence-electron chi connectivity index (χ3n) is 5.29. The maximum absolute atomic E-state index is 13.1. The number of benzene rings is 2. The van der Waals surface area contributed by atoms with Crippen molar-refractivity contribution < 1.29 is 22.8 Å². The van der Waals surface area contributed by atoms with Gasteiger partial charge in [0.2, 0.25) is 0 Å². The molecule has 1 aliphatic carbocycles. The van der Waals surface area contributed by atoms with Crippen LogP contribution < -0.4 is 0 Å². The Hall–Kier alpha value is -2.34. The molecule has 7 heteroatoms. The zero-order chi connectivity index (χ0) is 20.5. The number of amides is 1. The fraction of sp³-hybridized carbons (Fsp3) is 0.333. The van der Waals surface area contributed by atoms with Gasteiger partial charge in [-0.2, -0.15) is 13.2 Å². The lowest BCUT2D eigenvalue weighted by Crippen LogP contribution is -2.54. The third-order valence-corrected chi connectivity index (χ3v) is 5.62. The monoisotopic (exact) mass is 409 g/mol. The van der Waals surface area contributed by atoms with Crippen molar-refractivity contribution in [1.82, 2.24) is 4.90 Å². The summed E-state index contributed by atoms with van der Waals surface area (Å²) < 4.78 is 39.1. The molecule has 0 radical (unpaired) electrons. The first-order chi connectivity index (χ1) is 13.2. The summed E-state index contributed by atoms with van der Waals surface area (Å²) >= 11 is 6.35. The zero-order valence-corrected chi connectivity index (χ0v) is 16.0. The van der Waals surface area contributed by atoms with Crippen molar-refractivity contribution in [3.63, 3.8) is 0 Å². The Kier molecular flexibility index (Phi) is 5.53. The number of alkyl halides is 3. The van der Waals surface area contributed by atoms with E-state index in [1.165, 1.54) is 24.1 Å². The molecule has 3 rings (SSSR count). The summed E-state index contributed by atoms with van der Waals surface area (Å²) in [6.45, 7) is 0. The molecule has 1 saturated carbocycles. The molecular formula is C21H19ClF3NO2. The molecule has 0 heterocycles. The molecule has 1 fully saturated rings. The summed E-state index contributed by atoms with van der Waals surface area (Å²) in [5.41, 5.74) is -1.82. The summed E-state index contributed by atoms with van der Waals surface area (Å²) in [5.74, 6) is -0.809. The summed E-state index contributed by atoms with van der Waals surface area (Å²) in [6.07, 6.45) is -2.49. The zero-order valence-electron chi connectivity index (χ0n) is 15.2. The Morgan fingerprint density at radius 2 is 1.82 bits per heavy atom. The van der Waals surface area contributed by atoms with Crippen LogP contribution in [-0.2, 0) is 16.5 Å². The van der Waals surface area contributed by atoms with E-state index in [2.05, 4.69) is 0 Å². The maximum atomic E-state index is 13.1. The number of carbonyl (C=O) groups excluding carboxylic acids is 2. The lowest BCUT2D eigenvalue weighted by molar-refractivity contribution is -0.137. The second-order valence-electron chi connectivity index (χ2n) is 6.91. The number of rotatable bonds is 3. The van der Waals surface area contributed by atoms with E-state index in [4.69, 9.17) is 11.6 Å². The van der Waals surface area contributed by atoms with Gasteiger partial charge in [-0.05, 0) is 43.5 Å².